The fourth-order valence-corrected chi connectivity index (χ4v) is 2.65. The van der Waals surface area contributed by atoms with E-state index in [1.165, 1.54) is 4.88 Å². The SMILES string of the molecule is CC(Cc1cccs1)N(C)C(=O)c1ncccc1N. The Hall–Kier alpha value is -1.88. The lowest BCUT2D eigenvalue weighted by atomic mass is 10.1. The van der Waals surface area contributed by atoms with Crippen LogP contribution in [0.2, 0.25) is 0 Å². The lowest BCUT2D eigenvalue weighted by Gasteiger charge is -2.24. The number of thiophene rings is 1. The van der Waals surface area contributed by atoms with Crippen LogP contribution in [-0.4, -0.2) is 28.9 Å². The third kappa shape index (κ3) is 3.12. The molecule has 1 atom stereocenters. The molecule has 2 aromatic heterocycles. The molecule has 100 valence electrons. The van der Waals surface area contributed by atoms with Gasteiger partial charge in [-0.15, -0.1) is 11.3 Å². The Balaban J connectivity index is 2.09. The molecule has 0 saturated carbocycles. The van der Waals surface area contributed by atoms with Crippen LogP contribution in [0.25, 0.3) is 0 Å². The molecule has 2 aromatic rings. The highest BCUT2D eigenvalue weighted by Crippen LogP contribution is 2.16. The first-order chi connectivity index (χ1) is 9.09. The summed E-state index contributed by atoms with van der Waals surface area (Å²) in [7, 11) is 1.79. The van der Waals surface area contributed by atoms with Crippen molar-refractivity contribution in [1.29, 1.82) is 0 Å². The highest BCUT2D eigenvalue weighted by molar-refractivity contribution is 7.09. The van der Waals surface area contributed by atoms with Gasteiger partial charge in [0, 0.05) is 30.6 Å². The van der Waals surface area contributed by atoms with Gasteiger partial charge in [0.05, 0.1) is 5.69 Å². The molecule has 0 saturated heterocycles. The van der Waals surface area contributed by atoms with Crippen molar-refractivity contribution >= 4 is 22.9 Å². The van der Waals surface area contributed by atoms with E-state index >= 15 is 0 Å². The second-order valence-corrected chi connectivity index (χ2v) is 5.52. The monoisotopic (exact) mass is 275 g/mol. The predicted octanol–water partition coefficient (Wildman–Crippen LogP) is 2.43. The Morgan fingerprint density at radius 3 is 2.89 bits per heavy atom. The molecule has 1 amide bonds. The molecule has 4 nitrogen and oxygen atoms in total. The first-order valence-electron chi connectivity index (χ1n) is 6.09. The number of anilines is 1. The average Bonchev–Trinajstić information content (AvgIpc) is 2.90. The number of likely N-dealkylation sites (N-methyl/N-ethyl adjacent to an activating group) is 1. The fraction of sp³-hybridized carbons (Fsp3) is 0.286. The van der Waals surface area contributed by atoms with E-state index in [0.29, 0.717) is 11.4 Å². The normalized spacial score (nSPS) is 12.1. The number of nitrogens with zero attached hydrogens (tertiary/aromatic N) is 2. The number of nitrogen functional groups attached to an aromatic ring is 1. The van der Waals surface area contributed by atoms with Crippen LogP contribution in [0.5, 0.6) is 0 Å². The summed E-state index contributed by atoms with van der Waals surface area (Å²) >= 11 is 1.70. The molecular formula is C14H17N3OS. The number of carbonyl (C=O) groups is 1. The Kier molecular flexibility index (Phi) is 4.16. The van der Waals surface area contributed by atoms with Crippen molar-refractivity contribution in [3.8, 4) is 0 Å². The molecule has 0 spiro atoms. The van der Waals surface area contributed by atoms with Crippen LogP contribution in [0.15, 0.2) is 35.8 Å². The van der Waals surface area contributed by atoms with Crippen molar-refractivity contribution in [2.24, 2.45) is 0 Å². The minimum Gasteiger partial charge on any atom is -0.397 e. The highest BCUT2D eigenvalue weighted by Gasteiger charge is 2.20. The van der Waals surface area contributed by atoms with Crippen LogP contribution in [0.3, 0.4) is 0 Å². The topological polar surface area (TPSA) is 59.2 Å². The van der Waals surface area contributed by atoms with E-state index in [2.05, 4.69) is 11.1 Å². The standard InChI is InChI=1S/C14H17N3OS/c1-10(9-11-5-4-8-19-11)17(2)14(18)13-12(15)6-3-7-16-13/h3-8,10H,9,15H2,1-2H3. The summed E-state index contributed by atoms with van der Waals surface area (Å²) in [5, 5.41) is 2.04. The Morgan fingerprint density at radius 2 is 2.26 bits per heavy atom. The van der Waals surface area contributed by atoms with Gasteiger partial charge in [0.2, 0.25) is 0 Å². The molecule has 5 heteroatoms. The quantitative estimate of drug-likeness (QED) is 0.932. The first-order valence-corrected chi connectivity index (χ1v) is 6.97. The van der Waals surface area contributed by atoms with Gasteiger partial charge in [0.1, 0.15) is 0 Å². The molecule has 0 fully saturated rings. The number of amides is 1. The molecule has 2 N–H and O–H groups in total. The lowest BCUT2D eigenvalue weighted by molar-refractivity contribution is 0.0739. The van der Waals surface area contributed by atoms with Crippen LogP contribution in [-0.2, 0) is 6.42 Å². The van der Waals surface area contributed by atoms with Crippen molar-refractivity contribution in [2.75, 3.05) is 12.8 Å². The average molecular weight is 275 g/mol. The van der Waals surface area contributed by atoms with Gasteiger partial charge >= 0.3 is 0 Å². The van der Waals surface area contributed by atoms with E-state index in [0.717, 1.165) is 6.42 Å². The zero-order chi connectivity index (χ0) is 13.8. The maximum absolute atomic E-state index is 12.3. The summed E-state index contributed by atoms with van der Waals surface area (Å²) in [5.41, 5.74) is 6.53. The molecular weight excluding hydrogens is 258 g/mol. The number of nitrogens with two attached hydrogens (primary N) is 1. The number of pyridine rings is 1. The van der Waals surface area contributed by atoms with Gasteiger partial charge in [-0.1, -0.05) is 6.07 Å². The number of carbonyl (C=O) groups excluding carboxylic acids is 1. The van der Waals surface area contributed by atoms with Gasteiger partial charge in [0.15, 0.2) is 5.69 Å². The molecule has 2 rings (SSSR count). The van der Waals surface area contributed by atoms with Crippen LogP contribution in [0, 0.1) is 0 Å². The lowest BCUT2D eigenvalue weighted by Crippen LogP contribution is -2.37. The van der Waals surface area contributed by atoms with E-state index in [4.69, 9.17) is 5.73 Å². The van der Waals surface area contributed by atoms with Crippen LogP contribution in [0.4, 0.5) is 5.69 Å². The van der Waals surface area contributed by atoms with Crippen molar-refractivity contribution in [2.45, 2.75) is 19.4 Å². The number of hydrogen-bond acceptors (Lipinski definition) is 4. The predicted molar refractivity (Wildman–Crippen MR) is 78.2 cm³/mol. The van der Waals surface area contributed by atoms with E-state index < -0.39 is 0 Å². The Labute approximate surface area is 116 Å². The highest BCUT2D eigenvalue weighted by atomic mass is 32.1. The van der Waals surface area contributed by atoms with E-state index in [1.54, 1.807) is 41.6 Å². The molecule has 0 aromatic carbocycles. The van der Waals surface area contributed by atoms with Crippen molar-refractivity contribution < 1.29 is 4.79 Å². The minimum absolute atomic E-state index is 0.104. The van der Waals surface area contributed by atoms with E-state index in [9.17, 15) is 4.79 Å². The van der Waals surface area contributed by atoms with E-state index in [-0.39, 0.29) is 11.9 Å². The van der Waals surface area contributed by atoms with Crippen molar-refractivity contribution in [1.82, 2.24) is 9.88 Å². The molecule has 1 unspecified atom stereocenters. The van der Waals surface area contributed by atoms with Gasteiger partial charge in [-0.05, 0) is 30.5 Å². The van der Waals surface area contributed by atoms with Crippen LogP contribution in [0.1, 0.15) is 22.3 Å². The van der Waals surface area contributed by atoms with Gasteiger partial charge in [-0.3, -0.25) is 4.79 Å². The second kappa shape index (κ2) is 5.84. The van der Waals surface area contributed by atoms with Gasteiger partial charge in [-0.25, -0.2) is 4.98 Å². The van der Waals surface area contributed by atoms with Crippen LogP contribution >= 0.6 is 11.3 Å². The summed E-state index contributed by atoms with van der Waals surface area (Å²) in [6.45, 7) is 2.02. The van der Waals surface area contributed by atoms with Crippen molar-refractivity contribution in [3.63, 3.8) is 0 Å². The maximum atomic E-state index is 12.3. The molecule has 2 heterocycles. The molecule has 0 aliphatic rings. The minimum atomic E-state index is -0.137. The molecule has 0 aliphatic heterocycles. The largest absolute Gasteiger partial charge is 0.397 e. The van der Waals surface area contributed by atoms with E-state index in [1.807, 2.05) is 18.4 Å². The second-order valence-electron chi connectivity index (χ2n) is 4.49. The Bertz CT molecular complexity index is 554. The number of aromatic nitrogens is 1. The molecule has 19 heavy (non-hydrogen) atoms. The smallest absolute Gasteiger partial charge is 0.274 e. The summed E-state index contributed by atoms with van der Waals surface area (Å²) in [6, 6.07) is 7.62. The Morgan fingerprint density at radius 1 is 1.47 bits per heavy atom. The zero-order valence-electron chi connectivity index (χ0n) is 11.0. The fourth-order valence-electron chi connectivity index (χ4n) is 1.82. The molecule has 0 radical (unpaired) electrons. The third-order valence-electron chi connectivity index (χ3n) is 3.10. The summed E-state index contributed by atoms with van der Waals surface area (Å²) in [4.78, 5) is 19.3. The van der Waals surface area contributed by atoms with Gasteiger partial charge in [-0.2, -0.15) is 0 Å². The molecule has 0 bridgehead atoms. The number of hydrogen-bond donors (Lipinski definition) is 1. The van der Waals surface area contributed by atoms with Gasteiger partial charge < -0.3 is 10.6 Å². The third-order valence-corrected chi connectivity index (χ3v) is 4.00. The summed E-state index contributed by atoms with van der Waals surface area (Å²) in [6.07, 6.45) is 2.42. The maximum Gasteiger partial charge on any atom is 0.274 e. The summed E-state index contributed by atoms with van der Waals surface area (Å²) < 4.78 is 0. The summed E-state index contributed by atoms with van der Waals surface area (Å²) in [5.74, 6) is -0.137. The van der Waals surface area contributed by atoms with Crippen LogP contribution < -0.4 is 5.73 Å². The van der Waals surface area contributed by atoms with Gasteiger partial charge in [0.25, 0.3) is 5.91 Å². The zero-order valence-corrected chi connectivity index (χ0v) is 11.9. The first kappa shape index (κ1) is 13.5. The van der Waals surface area contributed by atoms with Crippen molar-refractivity contribution in [3.05, 3.63) is 46.4 Å². The molecule has 0 aliphatic carbocycles. The number of rotatable bonds is 4.